The molecule has 4 aromatic rings. The van der Waals surface area contributed by atoms with Gasteiger partial charge in [0.25, 0.3) is 0 Å². The van der Waals surface area contributed by atoms with E-state index in [1.807, 2.05) is 0 Å². The number of imidazole rings is 2. The predicted molar refractivity (Wildman–Crippen MR) is 137 cm³/mol. The molecule has 2 aliphatic rings. The summed E-state index contributed by atoms with van der Waals surface area (Å²) in [6.45, 7) is 0.125. The Labute approximate surface area is 221 Å². The van der Waals surface area contributed by atoms with Gasteiger partial charge in [-0.3, -0.25) is 22.8 Å². The number of nitrogen functional groups attached to an aromatic ring is 2. The van der Waals surface area contributed by atoms with Gasteiger partial charge in [-0.15, -0.1) is 0 Å². The second-order valence-corrected chi connectivity index (χ2v) is 11.4. The fourth-order valence-corrected chi connectivity index (χ4v) is 6.63. The largest absolute Gasteiger partial charge is 0.382 e. The van der Waals surface area contributed by atoms with Crippen molar-refractivity contribution in [1.29, 1.82) is 0 Å². The van der Waals surface area contributed by atoms with Gasteiger partial charge in [-0.05, 0) is 12.8 Å². The average molecular weight is 580 g/mol. The van der Waals surface area contributed by atoms with E-state index in [1.165, 1.54) is 19.0 Å². The molecule has 208 valence electrons. The molecule has 19 heteroatoms. The molecule has 2 aliphatic heterocycles. The number of hydrogen-bond acceptors (Lipinski definition) is 14. The van der Waals surface area contributed by atoms with E-state index in [1.54, 1.807) is 15.5 Å². The third-order valence-electron chi connectivity index (χ3n) is 6.74. The molecule has 0 spiro atoms. The summed E-state index contributed by atoms with van der Waals surface area (Å²) in [5, 5.41) is 0. The van der Waals surface area contributed by atoms with E-state index in [2.05, 4.69) is 29.9 Å². The number of anilines is 2. The van der Waals surface area contributed by atoms with Gasteiger partial charge in [-0.25, -0.2) is 29.9 Å². The molecule has 0 radical (unpaired) electrons. The van der Waals surface area contributed by atoms with Gasteiger partial charge >= 0.3 is 8.25 Å². The van der Waals surface area contributed by atoms with Crippen LogP contribution in [0.1, 0.15) is 31.7 Å². The van der Waals surface area contributed by atoms with E-state index in [-0.39, 0.29) is 30.9 Å². The van der Waals surface area contributed by atoms with Crippen LogP contribution in [0.15, 0.2) is 25.3 Å². The first-order valence-electron chi connectivity index (χ1n) is 12.1. The molecule has 4 aromatic heterocycles. The van der Waals surface area contributed by atoms with Crippen LogP contribution in [0.3, 0.4) is 0 Å². The lowest BCUT2D eigenvalue weighted by molar-refractivity contribution is -0.107. The molecule has 0 aromatic carbocycles. The van der Waals surface area contributed by atoms with Gasteiger partial charge in [-0.2, -0.15) is 0 Å². The number of nitrogens with two attached hydrogens (primary N) is 2. The SMILES string of the molecule is Nc1ncnc2c1ncn2C1CCC(CO[PH](=O)C[C@H]2C[C@H](n3cnc4c(N)ncnc43)O[C@@H]2O[PH](=O)O)O1. The van der Waals surface area contributed by atoms with Crippen LogP contribution >= 0.6 is 16.3 Å². The molecule has 7 atom stereocenters. The highest BCUT2D eigenvalue weighted by molar-refractivity contribution is 7.39. The smallest absolute Gasteiger partial charge is 0.318 e. The molecule has 2 saturated heterocycles. The van der Waals surface area contributed by atoms with Crippen molar-refractivity contribution in [1.82, 2.24) is 39.0 Å². The van der Waals surface area contributed by atoms with E-state index in [0.29, 0.717) is 47.4 Å². The van der Waals surface area contributed by atoms with Crippen molar-refractivity contribution in [2.75, 3.05) is 24.2 Å². The van der Waals surface area contributed by atoms with Crippen LogP contribution in [0.2, 0.25) is 0 Å². The van der Waals surface area contributed by atoms with Gasteiger partial charge in [0, 0.05) is 18.5 Å². The summed E-state index contributed by atoms with van der Waals surface area (Å²) < 4.78 is 50.6. The minimum atomic E-state index is -3.32. The lowest BCUT2D eigenvalue weighted by Gasteiger charge is -2.18. The van der Waals surface area contributed by atoms with Crippen LogP contribution in [0.4, 0.5) is 11.6 Å². The Morgan fingerprint density at radius 2 is 1.56 bits per heavy atom. The maximum Gasteiger partial charge on any atom is 0.318 e. The first-order valence-corrected chi connectivity index (χ1v) is 14.9. The first kappa shape index (κ1) is 26.2. The third kappa shape index (κ3) is 5.26. The number of aromatic nitrogens is 8. The highest BCUT2D eigenvalue weighted by atomic mass is 31.1. The van der Waals surface area contributed by atoms with Crippen LogP contribution in [-0.2, 0) is 27.7 Å². The fraction of sp³-hybridized carbons (Fsp3) is 0.500. The van der Waals surface area contributed by atoms with Crippen molar-refractivity contribution in [3.8, 4) is 0 Å². The summed E-state index contributed by atoms with van der Waals surface area (Å²) in [6.07, 6.45) is 5.30. The Morgan fingerprint density at radius 3 is 2.21 bits per heavy atom. The Morgan fingerprint density at radius 1 is 0.923 bits per heavy atom. The normalized spacial score (nSPS) is 26.9. The predicted octanol–water partition coefficient (Wildman–Crippen LogP) is 1.26. The first-order chi connectivity index (χ1) is 18.9. The number of nitrogens with zero attached hydrogens (tertiary/aromatic N) is 8. The molecule has 0 saturated carbocycles. The lowest BCUT2D eigenvalue weighted by atomic mass is 10.1. The molecule has 6 heterocycles. The number of hydrogen-bond donors (Lipinski definition) is 3. The van der Waals surface area contributed by atoms with Gasteiger partial charge < -0.3 is 30.4 Å². The summed E-state index contributed by atoms with van der Waals surface area (Å²) in [5.74, 6) is 0.0366. The molecular formula is C20H26N10O7P2. The van der Waals surface area contributed by atoms with Gasteiger partial charge in [0.1, 0.15) is 36.1 Å². The second-order valence-electron chi connectivity index (χ2n) is 9.18. The summed E-state index contributed by atoms with van der Waals surface area (Å²) in [6, 6.07) is 0. The lowest BCUT2D eigenvalue weighted by Crippen LogP contribution is -2.20. The van der Waals surface area contributed by atoms with Crippen LogP contribution in [-0.4, -0.2) is 69.1 Å². The number of fused-ring (bicyclic) bond motifs is 2. The van der Waals surface area contributed by atoms with Gasteiger partial charge in [-0.1, -0.05) is 0 Å². The molecule has 39 heavy (non-hydrogen) atoms. The van der Waals surface area contributed by atoms with E-state index in [9.17, 15) is 14.0 Å². The number of rotatable bonds is 9. The van der Waals surface area contributed by atoms with Crippen molar-refractivity contribution >= 4 is 50.2 Å². The molecule has 17 nitrogen and oxygen atoms in total. The molecule has 2 fully saturated rings. The molecule has 0 aliphatic carbocycles. The van der Waals surface area contributed by atoms with Crippen molar-refractivity contribution in [3.05, 3.63) is 25.3 Å². The summed E-state index contributed by atoms with van der Waals surface area (Å²) in [4.78, 5) is 34.2. The minimum Gasteiger partial charge on any atom is -0.382 e. The Kier molecular flexibility index (Phi) is 7.29. The quantitative estimate of drug-likeness (QED) is 0.237. The fourth-order valence-electron chi connectivity index (χ4n) is 4.91. The van der Waals surface area contributed by atoms with Gasteiger partial charge in [0.2, 0.25) is 0 Å². The number of ether oxygens (including phenoxy) is 2. The van der Waals surface area contributed by atoms with Crippen molar-refractivity contribution in [2.45, 2.75) is 44.1 Å². The Balaban J connectivity index is 1.07. The van der Waals surface area contributed by atoms with Crippen molar-refractivity contribution in [3.63, 3.8) is 0 Å². The van der Waals surface area contributed by atoms with E-state index < -0.39 is 34.7 Å². The Bertz CT molecular complexity index is 1550. The van der Waals surface area contributed by atoms with Crippen LogP contribution in [0, 0.1) is 5.92 Å². The van der Waals surface area contributed by atoms with Crippen LogP contribution < -0.4 is 11.5 Å². The van der Waals surface area contributed by atoms with E-state index >= 15 is 0 Å². The van der Waals surface area contributed by atoms with Gasteiger partial charge in [0.05, 0.1) is 25.4 Å². The maximum atomic E-state index is 12.9. The zero-order valence-corrected chi connectivity index (χ0v) is 22.4. The summed E-state index contributed by atoms with van der Waals surface area (Å²) in [7, 11) is -5.88. The van der Waals surface area contributed by atoms with Crippen molar-refractivity contribution in [2.24, 2.45) is 5.92 Å². The van der Waals surface area contributed by atoms with Crippen LogP contribution in [0.25, 0.3) is 22.3 Å². The molecule has 4 unspecified atom stereocenters. The highest BCUT2D eigenvalue weighted by Crippen LogP contribution is 2.43. The minimum absolute atomic E-state index is 0.0865. The zero-order valence-electron chi connectivity index (χ0n) is 20.4. The van der Waals surface area contributed by atoms with Crippen molar-refractivity contribution < 1.29 is 32.5 Å². The molecule has 5 N–H and O–H groups in total. The topological polar surface area (TPSA) is 231 Å². The molecule has 0 amide bonds. The molecule has 0 bridgehead atoms. The highest BCUT2D eigenvalue weighted by Gasteiger charge is 2.40. The molecular weight excluding hydrogens is 554 g/mol. The third-order valence-corrected chi connectivity index (χ3v) is 8.52. The van der Waals surface area contributed by atoms with Crippen LogP contribution in [0.5, 0.6) is 0 Å². The average Bonchev–Trinajstić information content (AvgIpc) is 3.69. The summed E-state index contributed by atoms with van der Waals surface area (Å²) in [5.41, 5.74) is 13.7. The second kappa shape index (κ2) is 10.8. The monoisotopic (exact) mass is 580 g/mol. The Hall–Kier alpha value is -3.04. The zero-order chi connectivity index (χ0) is 27.1. The van der Waals surface area contributed by atoms with Gasteiger partial charge in [0.15, 0.2) is 37.2 Å². The summed E-state index contributed by atoms with van der Waals surface area (Å²) >= 11 is 0. The maximum absolute atomic E-state index is 12.9. The van der Waals surface area contributed by atoms with E-state index in [4.69, 9.17) is 30.0 Å². The standard InChI is InChI=1S/C20H26N10O7P2/c21-16-14-18(25-6-23-16)29(8-27-14)12-2-1-11(35-12)4-34-38(31)5-10-3-13(36-20(10)37-39(32)33)30-9-28-15-17(22)24-7-26-19(15)30/h6-13,20,38-39H,1-5H2,(H,32,33)(H2,21,23,25)(H2,22,24,26)/t10-,11?,12?,13-,20-/m1/s1. The molecule has 6 rings (SSSR count). The van der Waals surface area contributed by atoms with E-state index in [0.717, 1.165) is 0 Å².